The van der Waals surface area contributed by atoms with Crippen LogP contribution in [0, 0.1) is 6.92 Å². The van der Waals surface area contributed by atoms with Crippen molar-refractivity contribution in [3.63, 3.8) is 0 Å². The van der Waals surface area contributed by atoms with E-state index in [2.05, 4.69) is 26.0 Å². The molecular formula is C13H13BrN2O4. The van der Waals surface area contributed by atoms with Gasteiger partial charge < -0.3 is 20.2 Å². The number of nitrogens with one attached hydrogen (secondary N) is 1. The van der Waals surface area contributed by atoms with Crippen LogP contribution in [0.1, 0.15) is 16.1 Å². The van der Waals surface area contributed by atoms with Gasteiger partial charge in [-0.15, -0.1) is 0 Å². The van der Waals surface area contributed by atoms with Crippen molar-refractivity contribution in [2.24, 2.45) is 5.73 Å². The monoisotopic (exact) mass is 340 g/mol. The van der Waals surface area contributed by atoms with Crippen LogP contribution in [0.2, 0.25) is 0 Å². The van der Waals surface area contributed by atoms with Crippen LogP contribution in [0.15, 0.2) is 27.1 Å². The fourth-order valence-electron chi connectivity index (χ4n) is 1.80. The maximum absolute atomic E-state index is 11.9. The number of carbonyl (C=O) groups excluding carboxylic acids is 2. The van der Waals surface area contributed by atoms with Crippen molar-refractivity contribution in [3.05, 3.63) is 34.0 Å². The molecule has 0 spiro atoms. The molecule has 0 radical (unpaired) electrons. The van der Waals surface area contributed by atoms with Crippen molar-refractivity contribution in [1.82, 2.24) is 5.32 Å². The number of primary amides is 1. The molecular weight excluding hydrogens is 328 g/mol. The third kappa shape index (κ3) is 3.30. The largest absolute Gasteiger partial charge is 0.451 e. The highest BCUT2D eigenvalue weighted by Crippen LogP contribution is 2.26. The summed E-state index contributed by atoms with van der Waals surface area (Å²) in [7, 11) is 0. The molecule has 6 nitrogen and oxygen atoms in total. The predicted molar refractivity (Wildman–Crippen MR) is 76.5 cm³/mol. The molecule has 0 aliphatic heterocycles. The maximum atomic E-state index is 11.9. The highest BCUT2D eigenvalue weighted by Gasteiger charge is 2.13. The van der Waals surface area contributed by atoms with E-state index in [-0.39, 0.29) is 24.8 Å². The standard InChI is InChI=1S/C13H13BrN2O4/c1-7-4-9(14)5-8-6-10(20-11(7)8)12(17)16-2-3-19-13(15)18/h4-6H,2-3H2,1H3,(H2,15,18)(H,16,17). The zero-order chi connectivity index (χ0) is 14.7. The molecule has 2 aromatic rings. The molecule has 2 amide bonds. The van der Waals surface area contributed by atoms with E-state index in [9.17, 15) is 9.59 Å². The Morgan fingerprint density at radius 3 is 2.85 bits per heavy atom. The van der Waals surface area contributed by atoms with Crippen molar-refractivity contribution in [2.75, 3.05) is 13.2 Å². The molecule has 0 unspecified atom stereocenters. The van der Waals surface area contributed by atoms with Gasteiger partial charge in [0.25, 0.3) is 5.91 Å². The molecule has 20 heavy (non-hydrogen) atoms. The zero-order valence-corrected chi connectivity index (χ0v) is 12.3. The molecule has 0 saturated heterocycles. The minimum atomic E-state index is -0.872. The van der Waals surface area contributed by atoms with Gasteiger partial charge in [0.1, 0.15) is 12.2 Å². The van der Waals surface area contributed by atoms with Gasteiger partial charge >= 0.3 is 6.09 Å². The number of hydrogen-bond acceptors (Lipinski definition) is 4. The second-order valence-electron chi connectivity index (χ2n) is 4.18. The van der Waals surface area contributed by atoms with Crippen LogP contribution in [0.25, 0.3) is 11.0 Å². The Labute approximate surface area is 123 Å². The number of carbonyl (C=O) groups is 2. The van der Waals surface area contributed by atoms with Crippen LogP contribution in [0.3, 0.4) is 0 Å². The fourth-order valence-corrected chi connectivity index (χ4v) is 2.39. The van der Waals surface area contributed by atoms with Crippen molar-refractivity contribution in [1.29, 1.82) is 0 Å². The topological polar surface area (TPSA) is 94.6 Å². The lowest BCUT2D eigenvalue weighted by Gasteiger charge is -2.02. The fraction of sp³-hybridized carbons (Fsp3) is 0.231. The molecule has 3 N–H and O–H groups in total. The highest BCUT2D eigenvalue weighted by molar-refractivity contribution is 9.10. The Balaban J connectivity index is 2.07. The number of ether oxygens (including phenoxy) is 1. The molecule has 1 aromatic heterocycles. The Hall–Kier alpha value is -2.02. The van der Waals surface area contributed by atoms with E-state index in [0.717, 1.165) is 15.4 Å². The number of amides is 2. The minimum absolute atomic E-state index is 0.0197. The van der Waals surface area contributed by atoms with Crippen molar-refractivity contribution < 1.29 is 18.7 Å². The third-order valence-electron chi connectivity index (χ3n) is 2.62. The quantitative estimate of drug-likeness (QED) is 0.835. The van der Waals surface area contributed by atoms with Crippen LogP contribution in [-0.4, -0.2) is 25.2 Å². The lowest BCUT2D eigenvalue weighted by molar-refractivity contribution is 0.0911. The van der Waals surface area contributed by atoms with Gasteiger partial charge in [0.05, 0.1) is 6.54 Å². The lowest BCUT2D eigenvalue weighted by atomic mass is 10.2. The molecule has 106 valence electrons. The number of benzene rings is 1. The van der Waals surface area contributed by atoms with Gasteiger partial charge in [0, 0.05) is 9.86 Å². The van der Waals surface area contributed by atoms with E-state index in [1.807, 2.05) is 19.1 Å². The molecule has 2 rings (SSSR count). The first-order chi connectivity index (χ1) is 9.47. The van der Waals surface area contributed by atoms with Gasteiger partial charge in [-0.2, -0.15) is 0 Å². The number of fused-ring (bicyclic) bond motifs is 1. The molecule has 0 bridgehead atoms. The number of nitrogens with two attached hydrogens (primary N) is 1. The number of furan rings is 1. The molecule has 0 aliphatic rings. The van der Waals surface area contributed by atoms with Crippen LogP contribution in [-0.2, 0) is 4.74 Å². The average molecular weight is 341 g/mol. The summed E-state index contributed by atoms with van der Waals surface area (Å²) in [6.45, 7) is 2.09. The summed E-state index contributed by atoms with van der Waals surface area (Å²) < 4.78 is 11.0. The minimum Gasteiger partial charge on any atom is -0.451 e. The smallest absolute Gasteiger partial charge is 0.404 e. The number of halogens is 1. The Morgan fingerprint density at radius 2 is 2.15 bits per heavy atom. The van der Waals surface area contributed by atoms with Gasteiger partial charge in [-0.25, -0.2) is 4.79 Å². The summed E-state index contributed by atoms with van der Waals surface area (Å²) >= 11 is 3.39. The normalized spacial score (nSPS) is 10.5. The van der Waals surface area contributed by atoms with Crippen LogP contribution in [0.5, 0.6) is 0 Å². The third-order valence-corrected chi connectivity index (χ3v) is 3.08. The van der Waals surface area contributed by atoms with Crippen molar-refractivity contribution in [2.45, 2.75) is 6.92 Å². The summed E-state index contributed by atoms with van der Waals surface area (Å²) in [5.41, 5.74) is 6.41. The number of aryl methyl sites for hydroxylation is 1. The van der Waals surface area contributed by atoms with E-state index >= 15 is 0 Å². The first kappa shape index (κ1) is 14.4. The first-order valence-corrected chi connectivity index (χ1v) is 6.67. The molecule has 0 saturated carbocycles. The molecule has 0 fully saturated rings. The maximum Gasteiger partial charge on any atom is 0.404 e. The first-order valence-electron chi connectivity index (χ1n) is 5.87. The van der Waals surface area contributed by atoms with E-state index in [4.69, 9.17) is 10.2 Å². The van der Waals surface area contributed by atoms with Gasteiger partial charge in [-0.1, -0.05) is 15.9 Å². The van der Waals surface area contributed by atoms with E-state index < -0.39 is 6.09 Å². The summed E-state index contributed by atoms with van der Waals surface area (Å²) in [6.07, 6.45) is -0.872. The zero-order valence-electron chi connectivity index (χ0n) is 10.7. The molecule has 1 aromatic carbocycles. The Bertz CT molecular complexity index is 666. The summed E-state index contributed by atoms with van der Waals surface area (Å²) in [5, 5.41) is 3.42. The number of rotatable bonds is 4. The van der Waals surface area contributed by atoms with Crippen LogP contribution >= 0.6 is 15.9 Å². The average Bonchev–Trinajstić information content (AvgIpc) is 2.78. The van der Waals surface area contributed by atoms with E-state index in [0.29, 0.717) is 5.58 Å². The molecule has 1 heterocycles. The van der Waals surface area contributed by atoms with Crippen molar-refractivity contribution >= 4 is 38.9 Å². The van der Waals surface area contributed by atoms with Gasteiger partial charge in [0.2, 0.25) is 0 Å². The van der Waals surface area contributed by atoms with E-state index in [1.54, 1.807) is 6.07 Å². The highest BCUT2D eigenvalue weighted by atomic mass is 79.9. The summed E-state index contributed by atoms with van der Waals surface area (Å²) in [6, 6.07) is 5.45. The summed E-state index contributed by atoms with van der Waals surface area (Å²) in [5.74, 6) is -0.162. The lowest BCUT2D eigenvalue weighted by Crippen LogP contribution is -2.28. The molecule has 0 aliphatic carbocycles. The van der Waals surface area contributed by atoms with Crippen molar-refractivity contribution in [3.8, 4) is 0 Å². The van der Waals surface area contributed by atoms with Gasteiger partial charge in [-0.05, 0) is 30.7 Å². The molecule has 0 atom stereocenters. The van der Waals surface area contributed by atoms with Crippen LogP contribution in [0.4, 0.5) is 4.79 Å². The Morgan fingerprint density at radius 1 is 1.40 bits per heavy atom. The van der Waals surface area contributed by atoms with Crippen LogP contribution < -0.4 is 11.1 Å². The number of hydrogen-bond donors (Lipinski definition) is 2. The second kappa shape index (κ2) is 5.96. The Kier molecular flexibility index (Phi) is 4.29. The van der Waals surface area contributed by atoms with Gasteiger partial charge in [-0.3, -0.25) is 4.79 Å². The second-order valence-corrected chi connectivity index (χ2v) is 5.09. The molecule has 7 heteroatoms. The summed E-state index contributed by atoms with van der Waals surface area (Å²) in [4.78, 5) is 22.2. The predicted octanol–water partition coefficient (Wildman–Crippen LogP) is 2.33. The van der Waals surface area contributed by atoms with E-state index in [1.165, 1.54) is 0 Å². The van der Waals surface area contributed by atoms with Gasteiger partial charge in [0.15, 0.2) is 5.76 Å². The SMILES string of the molecule is Cc1cc(Br)cc2cc(C(=O)NCCOC(N)=O)oc12.